The number of hydrogen-bond acceptors (Lipinski definition) is 3. The van der Waals surface area contributed by atoms with Crippen LogP contribution in [0, 0.1) is 0 Å². The Bertz CT molecular complexity index is 1110. The molecule has 5 nitrogen and oxygen atoms in total. The molecule has 1 atom stereocenters. The standard InChI is InChI=1S/C25H23BrCl2N2O3/c1-29-25(32)22(13-17-6-3-2-4-7-17)30(15-18-8-5-9-19(27)12-18)24(31)16-33-23-11-10-20(28)14-21(23)26/h2-12,14,22H,13,15-16H2,1H3,(H,29,32)/t22-/m1/s1. The Balaban J connectivity index is 1.88. The minimum Gasteiger partial charge on any atom is -0.483 e. The lowest BCUT2D eigenvalue weighted by Gasteiger charge is -2.31. The van der Waals surface area contributed by atoms with Crippen molar-refractivity contribution in [3.05, 3.63) is 98.4 Å². The minimum absolute atomic E-state index is 0.204. The molecule has 3 aromatic rings. The maximum Gasteiger partial charge on any atom is 0.261 e. The largest absolute Gasteiger partial charge is 0.483 e. The van der Waals surface area contributed by atoms with E-state index in [2.05, 4.69) is 21.2 Å². The van der Waals surface area contributed by atoms with Gasteiger partial charge in [0, 0.05) is 30.1 Å². The SMILES string of the molecule is CNC(=O)[C@@H](Cc1ccccc1)N(Cc1cccc(Cl)c1)C(=O)COc1ccc(Cl)cc1Br. The van der Waals surface area contributed by atoms with Crippen LogP contribution < -0.4 is 10.1 Å². The topological polar surface area (TPSA) is 58.6 Å². The third kappa shape index (κ3) is 7.22. The zero-order valence-electron chi connectivity index (χ0n) is 17.9. The van der Waals surface area contributed by atoms with Gasteiger partial charge in [0.1, 0.15) is 11.8 Å². The van der Waals surface area contributed by atoms with E-state index < -0.39 is 6.04 Å². The molecule has 0 bridgehead atoms. The van der Waals surface area contributed by atoms with Crippen LogP contribution in [-0.4, -0.2) is 36.4 Å². The first-order valence-electron chi connectivity index (χ1n) is 10.2. The Morgan fingerprint density at radius 2 is 1.67 bits per heavy atom. The fourth-order valence-electron chi connectivity index (χ4n) is 3.37. The predicted octanol–water partition coefficient (Wildman–Crippen LogP) is 5.52. The van der Waals surface area contributed by atoms with Crippen LogP contribution >= 0.6 is 39.1 Å². The molecular formula is C25H23BrCl2N2O3. The number of carbonyl (C=O) groups excluding carboxylic acids is 2. The van der Waals surface area contributed by atoms with Gasteiger partial charge in [-0.05, 0) is 57.4 Å². The summed E-state index contributed by atoms with van der Waals surface area (Å²) < 4.78 is 6.39. The maximum atomic E-state index is 13.4. The van der Waals surface area contributed by atoms with Crippen LogP contribution in [0.3, 0.4) is 0 Å². The van der Waals surface area contributed by atoms with Gasteiger partial charge in [-0.15, -0.1) is 0 Å². The number of halogens is 3. The molecule has 1 N–H and O–H groups in total. The fraction of sp³-hybridized carbons (Fsp3) is 0.200. The Labute approximate surface area is 211 Å². The molecule has 0 heterocycles. The van der Waals surface area contributed by atoms with Gasteiger partial charge in [0.2, 0.25) is 5.91 Å². The van der Waals surface area contributed by atoms with Crippen molar-refractivity contribution in [1.82, 2.24) is 10.2 Å². The predicted molar refractivity (Wildman–Crippen MR) is 135 cm³/mol. The third-order valence-electron chi connectivity index (χ3n) is 5.00. The van der Waals surface area contributed by atoms with Gasteiger partial charge in [-0.1, -0.05) is 65.7 Å². The van der Waals surface area contributed by atoms with Gasteiger partial charge in [0.05, 0.1) is 4.47 Å². The number of likely N-dealkylation sites (N-methyl/N-ethyl adjacent to an activating group) is 1. The molecule has 3 rings (SSSR count). The number of amides is 2. The van der Waals surface area contributed by atoms with E-state index in [1.54, 1.807) is 37.4 Å². The summed E-state index contributed by atoms with van der Waals surface area (Å²) in [6.45, 7) is -0.0431. The zero-order chi connectivity index (χ0) is 23.8. The van der Waals surface area contributed by atoms with Gasteiger partial charge >= 0.3 is 0 Å². The van der Waals surface area contributed by atoms with Crippen LogP contribution in [0.25, 0.3) is 0 Å². The average Bonchev–Trinajstić information content (AvgIpc) is 2.81. The second-order valence-electron chi connectivity index (χ2n) is 7.33. The summed E-state index contributed by atoms with van der Waals surface area (Å²) in [5, 5.41) is 3.79. The van der Waals surface area contributed by atoms with Crippen LogP contribution in [0.1, 0.15) is 11.1 Å². The van der Waals surface area contributed by atoms with Gasteiger partial charge in [0.25, 0.3) is 5.91 Å². The van der Waals surface area contributed by atoms with Crippen LogP contribution in [0.4, 0.5) is 0 Å². The van der Waals surface area contributed by atoms with Crippen LogP contribution in [0.5, 0.6) is 5.75 Å². The van der Waals surface area contributed by atoms with Crippen LogP contribution in [0.15, 0.2) is 77.3 Å². The fourth-order valence-corrected chi connectivity index (χ4v) is 4.38. The van der Waals surface area contributed by atoms with E-state index in [0.717, 1.165) is 11.1 Å². The number of hydrogen-bond donors (Lipinski definition) is 1. The number of rotatable bonds is 9. The molecule has 8 heteroatoms. The summed E-state index contributed by atoms with van der Waals surface area (Å²) in [6.07, 6.45) is 0.359. The van der Waals surface area contributed by atoms with Crippen molar-refractivity contribution in [2.75, 3.05) is 13.7 Å². The smallest absolute Gasteiger partial charge is 0.261 e. The van der Waals surface area contributed by atoms with Crippen molar-refractivity contribution in [1.29, 1.82) is 0 Å². The molecule has 0 aliphatic carbocycles. The Hall–Kier alpha value is -2.54. The molecule has 0 fully saturated rings. The second kappa shape index (κ2) is 12.1. The quantitative estimate of drug-likeness (QED) is 0.382. The molecule has 0 saturated heterocycles. The summed E-state index contributed by atoms with van der Waals surface area (Å²) in [6, 6.07) is 21.1. The Morgan fingerprint density at radius 1 is 0.970 bits per heavy atom. The van der Waals surface area contributed by atoms with E-state index in [-0.39, 0.29) is 25.0 Å². The molecule has 0 aliphatic heterocycles. The highest BCUT2D eigenvalue weighted by molar-refractivity contribution is 9.10. The summed E-state index contributed by atoms with van der Waals surface area (Å²) in [7, 11) is 1.56. The molecule has 2 amide bonds. The number of nitrogens with zero attached hydrogens (tertiary/aromatic N) is 1. The van der Waals surface area contributed by atoms with E-state index >= 15 is 0 Å². The summed E-state index contributed by atoms with van der Waals surface area (Å²) in [4.78, 5) is 27.8. The van der Waals surface area contributed by atoms with Crippen molar-refractivity contribution in [3.63, 3.8) is 0 Å². The molecule has 0 aromatic heterocycles. The van der Waals surface area contributed by atoms with E-state index in [0.29, 0.717) is 26.7 Å². The first kappa shape index (κ1) is 25.1. The molecular weight excluding hydrogens is 527 g/mol. The number of nitrogens with one attached hydrogen (secondary N) is 1. The molecule has 0 aliphatic rings. The van der Waals surface area contributed by atoms with Gasteiger partial charge in [-0.25, -0.2) is 0 Å². The first-order chi connectivity index (χ1) is 15.9. The van der Waals surface area contributed by atoms with E-state index in [1.165, 1.54) is 4.90 Å². The lowest BCUT2D eigenvalue weighted by Crippen LogP contribution is -2.51. The van der Waals surface area contributed by atoms with E-state index in [9.17, 15) is 9.59 Å². The summed E-state index contributed by atoms with van der Waals surface area (Å²) in [5.74, 6) is -0.113. The first-order valence-corrected chi connectivity index (χ1v) is 11.8. The van der Waals surface area contributed by atoms with Crippen molar-refractivity contribution in [2.45, 2.75) is 19.0 Å². The maximum absolute atomic E-state index is 13.4. The molecule has 0 radical (unpaired) electrons. The zero-order valence-corrected chi connectivity index (χ0v) is 21.0. The van der Waals surface area contributed by atoms with Crippen molar-refractivity contribution in [3.8, 4) is 5.75 Å². The number of carbonyl (C=O) groups is 2. The summed E-state index contributed by atoms with van der Waals surface area (Å²) in [5.41, 5.74) is 1.75. The van der Waals surface area contributed by atoms with Crippen LogP contribution in [-0.2, 0) is 22.6 Å². The highest BCUT2D eigenvalue weighted by atomic mass is 79.9. The Morgan fingerprint density at radius 3 is 2.33 bits per heavy atom. The van der Waals surface area contributed by atoms with Crippen molar-refractivity contribution in [2.24, 2.45) is 0 Å². The molecule has 0 unspecified atom stereocenters. The van der Waals surface area contributed by atoms with Gasteiger partial charge < -0.3 is 15.0 Å². The van der Waals surface area contributed by atoms with Crippen molar-refractivity contribution >= 4 is 50.9 Å². The number of benzene rings is 3. The van der Waals surface area contributed by atoms with Gasteiger partial charge in [0.15, 0.2) is 6.61 Å². The lowest BCUT2D eigenvalue weighted by atomic mass is 10.0. The average molecular weight is 550 g/mol. The normalized spacial score (nSPS) is 11.5. The lowest BCUT2D eigenvalue weighted by molar-refractivity contribution is -0.142. The third-order valence-corrected chi connectivity index (χ3v) is 6.09. The van der Waals surface area contributed by atoms with E-state index in [1.807, 2.05) is 42.5 Å². The monoisotopic (exact) mass is 548 g/mol. The molecule has 3 aromatic carbocycles. The van der Waals surface area contributed by atoms with E-state index in [4.69, 9.17) is 27.9 Å². The van der Waals surface area contributed by atoms with Gasteiger partial charge in [-0.3, -0.25) is 9.59 Å². The number of ether oxygens (including phenoxy) is 1. The minimum atomic E-state index is -0.735. The molecule has 33 heavy (non-hydrogen) atoms. The second-order valence-corrected chi connectivity index (χ2v) is 9.06. The molecule has 0 saturated carbocycles. The van der Waals surface area contributed by atoms with Crippen LogP contribution in [0.2, 0.25) is 10.0 Å². The Kier molecular flexibility index (Phi) is 9.18. The molecule has 0 spiro atoms. The summed E-state index contributed by atoms with van der Waals surface area (Å²) >= 11 is 15.5. The highest BCUT2D eigenvalue weighted by Crippen LogP contribution is 2.28. The van der Waals surface area contributed by atoms with Crippen molar-refractivity contribution < 1.29 is 14.3 Å². The highest BCUT2D eigenvalue weighted by Gasteiger charge is 2.30. The van der Waals surface area contributed by atoms with Gasteiger partial charge in [-0.2, -0.15) is 0 Å². The molecule has 172 valence electrons.